The average molecular weight is 508 g/mol. The van der Waals surface area contributed by atoms with Crippen LogP contribution < -0.4 is 9.46 Å². The lowest BCUT2D eigenvalue weighted by molar-refractivity contribution is 0.208. The molecule has 0 radical (unpaired) electrons. The number of likely N-dealkylation sites (tertiary alicyclic amines) is 1. The third kappa shape index (κ3) is 5.03. The number of likely N-dealkylation sites (N-methyl/N-ethyl adjacent to an activating group) is 1. The largest absolute Gasteiger partial charge is 0.487 e. The summed E-state index contributed by atoms with van der Waals surface area (Å²) in [5.41, 5.74) is 1.79. The van der Waals surface area contributed by atoms with Gasteiger partial charge in [0.25, 0.3) is 10.0 Å². The van der Waals surface area contributed by atoms with Crippen LogP contribution in [-0.4, -0.2) is 39.6 Å². The summed E-state index contributed by atoms with van der Waals surface area (Å²) in [6.45, 7) is 1.72. The molecule has 1 aliphatic heterocycles. The molecule has 6 nitrogen and oxygen atoms in total. The summed E-state index contributed by atoms with van der Waals surface area (Å²) in [5, 5.41) is 9.59. The van der Waals surface area contributed by atoms with Gasteiger partial charge in [0.15, 0.2) is 0 Å². The first kappa shape index (κ1) is 22.9. The summed E-state index contributed by atoms with van der Waals surface area (Å²) in [4.78, 5) is 2.16. The molecule has 32 heavy (non-hydrogen) atoms. The Morgan fingerprint density at radius 2 is 2.03 bits per heavy atom. The summed E-state index contributed by atoms with van der Waals surface area (Å²) < 4.78 is 35.5. The van der Waals surface area contributed by atoms with Crippen molar-refractivity contribution in [2.75, 3.05) is 24.9 Å². The number of hydrogen-bond donors (Lipinski definition) is 1. The quantitative estimate of drug-likeness (QED) is 0.477. The maximum atomic E-state index is 13.2. The number of rotatable bonds is 6. The van der Waals surface area contributed by atoms with Gasteiger partial charge in [0, 0.05) is 24.7 Å². The van der Waals surface area contributed by atoms with Crippen LogP contribution in [-0.2, 0) is 10.0 Å². The Labute approximate surface area is 201 Å². The molecule has 0 aliphatic carbocycles. The molecule has 0 bridgehead atoms. The fourth-order valence-corrected chi connectivity index (χ4v) is 6.64. The Balaban J connectivity index is 1.63. The second-order valence-electron chi connectivity index (χ2n) is 7.49. The lowest BCUT2D eigenvalue weighted by atomic mass is 10.1. The molecule has 1 unspecified atom stereocenters. The minimum Gasteiger partial charge on any atom is -0.487 e. The summed E-state index contributed by atoms with van der Waals surface area (Å²) in [6, 6.07) is 15.1. The molecule has 3 aromatic rings. The number of nitrogens with one attached hydrogen (secondary N) is 1. The van der Waals surface area contributed by atoms with Crippen LogP contribution in [0.4, 0.5) is 5.69 Å². The van der Waals surface area contributed by atoms with Crippen molar-refractivity contribution in [2.45, 2.75) is 16.7 Å². The fourth-order valence-electron chi connectivity index (χ4n) is 3.53. The van der Waals surface area contributed by atoms with E-state index in [4.69, 9.17) is 27.9 Å². The first-order valence-corrected chi connectivity index (χ1v) is 12.8. The van der Waals surface area contributed by atoms with E-state index in [0.29, 0.717) is 37.5 Å². The van der Waals surface area contributed by atoms with Gasteiger partial charge < -0.3 is 9.64 Å². The molecule has 1 fully saturated rings. The third-order valence-corrected chi connectivity index (χ3v) is 8.53. The second kappa shape index (κ2) is 9.30. The highest BCUT2D eigenvalue weighted by molar-refractivity contribution is 7.94. The molecule has 1 aromatic heterocycles. The summed E-state index contributed by atoms with van der Waals surface area (Å²) in [6.07, 6.45) is 0.876. The standard InChI is InChI=1S/C22H19Cl2N3O3S2/c1-27-8-7-17(13-27)30-20-10-16(5-6-19(20)23)26-32(28,29)22-18(11-21(24)31-22)15-4-2-3-14(9-15)12-25/h2-6,9-11,17,26H,7-8,13H2,1H3. The van der Waals surface area contributed by atoms with E-state index in [1.165, 1.54) is 0 Å². The molecule has 1 N–H and O–H groups in total. The Bertz CT molecular complexity index is 1300. The van der Waals surface area contributed by atoms with Crippen molar-refractivity contribution in [1.29, 1.82) is 5.26 Å². The van der Waals surface area contributed by atoms with Crippen LogP contribution in [0.5, 0.6) is 5.75 Å². The lowest BCUT2D eigenvalue weighted by Gasteiger charge is -2.16. The highest BCUT2D eigenvalue weighted by Crippen LogP contribution is 2.39. The van der Waals surface area contributed by atoms with E-state index < -0.39 is 10.0 Å². The van der Waals surface area contributed by atoms with E-state index in [9.17, 15) is 13.7 Å². The van der Waals surface area contributed by atoms with E-state index in [1.54, 1.807) is 48.5 Å². The normalized spacial score (nSPS) is 16.6. The molecule has 4 rings (SSSR count). The van der Waals surface area contributed by atoms with E-state index >= 15 is 0 Å². The number of ether oxygens (including phenoxy) is 1. The van der Waals surface area contributed by atoms with Crippen molar-refractivity contribution < 1.29 is 13.2 Å². The van der Waals surface area contributed by atoms with Crippen molar-refractivity contribution in [3.05, 3.63) is 63.5 Å². The minimum absolute atomic E-state index is 0.000488. The van der Waals surface area contributed by atoms with Gasteiger partial charge >= 0.3 is 0 Å². The number of halogens is 2. The van der Waals surface area contributed by atoms with Crippen LogP contribution in [0, 0.1) is 11.3 Å². The Hall–Kier alpha value is -2.28. The topological polar surface area (TPSA) is 82.4 Å². The fraction of sp³-hybridized carbons (Fsp3) is 0.227. The minimum atomic E-state index is -3.96. The van der Waals surface area contributed by atoms with Gasteiger partial charge in [0.05, 0.1) is 26.7 Å². The van der Waals surface area contributed by atoms with Crippen molar-refractivity contribution in [3.63, 3.8) is 0 Å². The molecule has 2 heterocycles. The van der Waals surface area contributed by atoms with Crippen LogP contribution in [0.25, 0.3) is 11.1 Å². The third-order valence-electron chi connectivity index (χ3n) is 5.04. The molecule has 0 saturated carbocycles. The zero-order chi connectivity index (χ0) is 22.9. The number of anilines is 1. The molecular formula is C22H19Cl2N3O3S2. The average Bonchev–Trinajstić information content (AvgIpc) is 3.36. The van der Waals surface area contributed by atoms with Crippen LogP contribution >= 0.6 is 34.5 Å². The molecule has 1 atom stereocenters. The summed E-state index contributed by atoms with van der Waals surface area (Å²) in [7, 11) is -1.94. The van der Waals surface area contributed by atoms with Crippen molar-refractivity contribution in [2.24, 2.45) is 0 Å². The Morgan fingerprint density at radius 1 is 1.22 bits per heavy atom. The monoisotopic (exact) mass is 507 g/mol. The number of nitrogens with zero attached hydrogens (tertiary/aromatic N) is 2. The highest BCUT2D eigenvalue weighted by Gasteiger charge is 2.25. The van der Waals surface area contributed by atoms with Crippen LogP contribution in [0.2, 0.25) is 9.36 Å². The van der Waals surface area contributed by atoms with Gasteiger partial charge in [-0.2, -0.15) is 5.26 Å². The number of nitriles is 1. The predicted octanol–water partition coefficient (Wildman–Crippen LogP) is 5.48. The van der Waals surface area contributed by atoms with Gasteiger partial charge in [0.1, 0.15) is 16.1 Å². The van der Waals surface area contributed by atoms with Gasteiger partial charge in [-0.3, -0.25) is 4.72 Å². The van der Waals surface area contributed by atoms with Crippen molar-refractivity contribution >= 4 is 50.2 Å². The molecular weight excluding hydrogens is 489 g/mol. The van der Waals surface area contributed by atoms with E-state index in [2.05, 4.69) is 15.7 Å². The van der Waals surface area contributed by atoms with Gasteiger partial charge in [-0.05, 0) is 49.4 Å². The maximum absolute atomic E-state index is 13.2. The van der Waals surface area contributed by atoms with Crippen molar-refractivity contribution in [3.8, 4) is 22.9 Å². The zero-order valence-electron chi connectivity index (χ0n) is 17.0. The van der Waals surface area contributed by atoms with Gasteiger partial charge in [-0.15, -0.1) is 11.3 Å². The molecule has 1 saturated heterocycles. The molecule has 0 amide bonds. The molecule has 0 spiro atoms. The molecule has 10 heteroatoms. The van der Waals surface area contributed by atoms with E-state index in [-0.39, 0.29) is 10.3 Å². The van der Waals surface area contributed by atoms with Gasteiger partial charge in [-0.1, -0.05) is 35.3 Å². The van der Waals surface area contributed by atoms with Crippen LogP contribution in [0.15, 0.2) is 52.7 Å². The first-order chi connectivity index (χ1) is 15.2. The van der Waals surface area contributed by atoms with Crippen molar-refractivity contribution in [1.82, 2.24) is 4.90 Å². The van der Waals surface area contributed by atoms with Gasteiger partial charge in [-0.25, -0.2) is 8.42 Å². The highest BCUT2D eigenvalue weighted by atomic mass is 35.5. The summed E-state index contributed by atoms with van der Waals surface area (Å²) in [5.74, 6) is 0.429. The lowest BCUT2D eigenvalue weighted by Crippen LogP contribution is -2.21. The second-order valence-corrected chi connectivity index (χ2v) is 11.5. The number of benzene rings is 2. The smallest absolute Gasteiger partial charge is 0.272 e. The Morgan fingerprint density at radius 3 is 2.75 bits per heavy atom. The van der Waals surface area contributed by atoms with E-state index in [1.807, 2.05) is 7.05 Å². The predicted molar refractivity (Wildman–Crippen MR) is 128 cm³/mol. The first-order valence-electron chi connectivity index (χ1n) is 9.72. The molecule has 1 aliphatic rings. The van der Waals surface area contributed by atoms with Crippen LogP contribution in [0.3, 0.4) is 0 Å². The number of sulfonamides is 1. The van der Waals surface area contributed by atoms with Crippen LogP contribution in [0.1, 0.15) is 12.0 Å². The molecule has 2 aromatic carbocycles. The Kier molecular flexibility index (Phi) is 6.65. The van der Waals surface area contributed by atoms with E-state index in [0.717, 1.165) is 30.8 Å². The summed E-state index contributed by atoms with van der Waals surface area (Å²) >= 11 is 13.4. The maximum Gasteiger partial charge on any atom is 0.272 e. The van der Waals surface area contributed by atoms with Gasteiger partial charge in [0.2, 0.25) is 0 Å². The SMILES string of the molecule is CN1CCC(Oc2cc(NS(=O)(=O)c3sc(Cl)cc3-c3cccc(C#N)c3)ccc2Cl)C1. The number of thiophene rings is 1. The molecule has 166 valence electrons. The zero-order valence-corrected chi connectivity index (χ0v) is 20.2. The number of hydrogen-bond acceptors (Lipinski definition) is 6.